The van der Waals surface area contributed by atoms with Crippen molar-refractivity contribution in [3.05, 3.63) is 29.6 Å². The van der Waals surface area contributed by atoms with E-state index >= 15 is 0 Å². The highest BCUT2D eigenvalue weighted by Crippen LogP contribution is 2.20. The Balaban J connectivity index is 2.79. The molecular weight excluding hydrogens is 207 g/mol. The van der Waals surface area contributed by atoms with E-state index in [0.717, 1.165) is 5.56 Å². The first-order valence-corrected chi connectivity index (χ1v) is 5.26. The lowest BCUT2D eigenvalue weighted by Gasteiger charge is -2.11. The summed E-state index contributed by atoms with van der Waals surface area (Å²) >= 11 is 0. The van der Waals surface area contributed by atoms with Crippen LogP contribution in [0.15, 0.2) is 18.2 Å². The summed E-state index contributed by atoms with van der Waals surface area (Å²) in [6.45, 7) is 2.30. The molecule has 1 aromatic carbocycles. The molecule has 0 fully saturated rings. The van der Waals surface area contributed by atoms with Crippen LogP contribution in [0.2, 0.25) is 0 Å². The lowest BCUT2D eigenvalue weighted by molar-refractivity contribution is 0.240. The first-order chi connectivity index (χ1) is 7.71. The van der Waals surface area contributed by atoms with E-state index in [1.54, 1.807) is 12.1 Å². The minimum Gasteiger partial charge on any atom is -0.473 e. The molecular formula is C12H15FN2O. The summed E-state index contributed by atoms with van der Waals surface area (Å²) in [6.07, 6.45) is 0.558. The molecule has 0 aliphatic heterocycles. The van der Waals surface area contributed by atoms with Crippen molar-refractivity contribution in [2.24, 2.45) is 5.73 Å². The fourth-order valence-electron chi connectivity index (χ4n) is 1.32. The van der Waals surface area contributed by atoms with Crippen LogP contribution in [0.1, 0.15) is 18.9 Å². The number of hydrogen-bond donors (Lipinski definition) is 1. The Labute approximate surface area is 94.6 Å². The molecule has 0 amide bonds. The van der Waals surface area contributed by atoms with Gasteiger partial charge in [-0.2, -0.15) is 5.26 Å². The summed E-state index contributed by atoms with van der Waals surface area (Å²) in [6, 6.07) is 6.65. The van der Waals surface area contributed by atoms with Crippen LogP contribution in [0.25, 0.3) is 0 Å². The van der Waals surface area contributed by atoms with E-state index in [1.165, 1.54) is 6.07 Å². The van der Waals surface area contributed by atoms with Crippen molar-refractivity contribution >= 4 is 0 Å². The van der Waals surface area contributed by atoms with Crippen molar-refractivity contribution in [3.63, 3.8) is 0 Å². The Morgan fingerprint density at radius 3 is 2.81 bits per heavy atom. The van der Waals surface area contributed by atoms with Crippen molar-refractivity contribution < 1.29 is 9.13 Å². The molecule has 0 bridgehead atoms. The summed E-state index contributed by atoms with van der Waals surface area (Å²) in [7, 11) is 0. The van der Waals surface area contributed by atoms with Gasteiger partial charge in [-0.3, -0.25) is 0 Å². The molecule has 16 heavy (non-hydrogen) atoms. The Kier molecular flexibility index (Phi) is 4.74. The van der Waals surface area contributed by atoms with Gasteiger partial charge in [0.25, 0.3) is 0 Å². The largest absolute Gasteiger partial charge is 0.473 e. The van der Waals surface area contributed by atoms with Crippen molar-refractivity contribution in [3.8, 4) is 11.8 Å². The average molecular weight is 222 g/mol. The maximum atomic E-state index is 13.5. The van der Waals surface area contributed by atoms with Crippen molar-refractivity contribution in [2.75, 3.05) is 6.54 Å². The van der Waals surface area contributed by atoms with Gasteiger partial charge in [0.05, 0.1) is 0 Å². The number of halogens is 1. The summed E-state index contributed by atoms with van der Waals surface area (Å²) in [4.78, 5) is 0. The molecule has 0 aliphatic rings. The molecule has 3 nitrogen and oxygen atoms in total. The maximum absolute atomic E-state index is 13.5. The van der Waals surface area contributed by atoms with E-state index in [4.69, 9.17) is 15.7 Å². The van der Waals surface area contributed by atoms with Crippen LogP contribution >= 0.6 is 0 Å². The molecule has 1 atom stereocenters. The topological polar surface area (TPSA) is 59.0 Å². The molecule has 4 heteroatoms. The number of hydrogen-bond acceptors (Lipinski definition) is 3. The maximum Gasteiger partial charge on any atom is 0.184 e. The predicted octanol–water partition coefficient (Wildman–Crippen LogP) is 2.01. The van der Waals surface area contributed by atoms with Crippen LogP contribution in [0, 0.1) is 17.1 Å². The molecule has 0 aromatic heterocycles. The molecule has 0 spiro atoms. The summed E-state index contributed by atoms with van der Waals surface area (Å²) < 4.78 is 18.7. The van der Waals surface area contributed by atoms with Gasteiger partial charge in [-0.05, 0) is 37.1 Å². The van der Waals surface area contributed by atoms with Crippen LogP contribution in [0.5, 0.6) is 5.75 Å². The van der Waals surface area contributed by atoms with Crippen molar-refractivity contribution in [1.29, 1.82) is 5.26 Å². The van der Waals surface area contributed by atoms with Gasteiger partial charge in [-0.1, -0.05) is 13.0 Å². The predicted molar refractivity (Wildman–Crippen MR) is 59.5 cm³/mol. The monoisotopic (exact) mass is 222 g/mol. The molecule has 0 aliphatic carbocycles. The van der Waals surface area contributed by atoms with Crippen LogP contribution < -0.4 is 10.5 Å². The molecule has 0 saturated carbocycles. The smallest absolute Gasteiger partial charge is 0.184 e. The third-order valence-corrected chi connectivity index (χ3v) is 2.21. The standard InChI is InChI=1S/C12H15FN2O/c1-2-10(8-15)16-12-4-3-9(5-6-14)7-11(12)13/h3-4,7,10H,2,5-6,14H2,1H3. The Bertz CT molecular complexity index is 387. The Morgan fingerprint density at radius 1 is 1.56 bits per heavy atom. The third-order valence-electron chi connectivity index (χ3n) is 2.21. The van der Waals surface area contributed by atoms with Crippen molar-refractivity contribution in [2.45, 2.75) is 25.9 Å². The van der Waals surface area contributed by atoms with E-state index in [1.807, 2.05) is 13.0 Å². The van der Waals surface area contributed by atoms with Gasteiger partial charge in [0.1, 0.15) is 6.07 Å². The van der Waals surface area contributed by atoms with Gasteiger partial charge < -0.3 is 10.5 Å². The third kappa shape index (κ3) is 3.21. The highest BCUT2D eigenvalue weighted by atomic mass is 19.1. The van der Waals surface area contributed by atoms with Crippen LogP contribution in [-0.2, 0) is 6.42 Å². The number of ether oxygens (including phenoxy) is 1. The van der Waals surface area contributed by atoms with E-state index in [0.29, 0.717) is 19.4 Å². The first-order valence-electron chi connectivity index (χ1n) is 5.26. The normalized spacial score (nSPS) is 11.9. The molecule has 0 saturated heterocycles. The fraction of sp³-hybridized carbons (Fsp3) is 0.417. The minimum atomic E-state index is -0.602. The van der Waals surface area contributed by atoms with E-state index in [-0.39, 0.29) is 5.75 Å². The minimum absolute atomic E-state index is 0.120. The second kappa shape index (κ2) is 6.09. The molecule has 86 valence electrons. The number of rotatable bonds is 5. The summed E-state index contributed by atoms with van der Waals surface area (Å²) in [5, 5.41) is 8.70. The van der Waals surface area contributed by atoms with E-state index in [2.05, 4.69) is 0 Å². The zero-order valence-corrected chi connectivity index (χ0v) is 9.24. The molecule has 0 heterocycles. The lowest BCUT2D eigenvalue weighted by atomic mass is 10.1. The molecule has 0 radical (unpaired) electrons. The van der Waals surface area contributed by atoms with E-state index < -0.39 is 11.9 Å². The molecule has 1 rings (SSSR count). The molecule has 1 aromatic rings. The molecule has 1 unspecified atom stereocenters. The number of nitrogens with two attached hydrogens (primary N) is 1. The van der Waals surface area contributed by atoms with Gasteiger partial charge in [0.2, 0.25) is 0 Å². The first kappa shape index (κ1) is 12.5. The summed E-state index contributed by atoms with van der Waals surface area (Å²) in [5.74, 6) is -0.325. The lowest BCUT2D eigenvalue weighted by Crippen LogP contribution is -2.13. The van der Waals surface area contributed by atoms with Crippen LogP contribution in [-0.4, -0.2) is 12.6 Å². The van der Waals surface area contributed by atoms with Gasteiger partial charge in [0.15, 0.2) is 17.7 Å². The number of benzene rings is 1. The number of nitriles is 1. The van der Waals surface area contributed by atoms with Crippen LogP contribution in [0.3, 0.4) is 0 Å². The summed E-state index contributed by atoms with van der Waals surface area (Å²) in [5.41, 5.74) is 6.21. The quantitative estimate of drug-likeness (QED) is 0.829. The SMILES string of the molecule is CCC(C#N)Oc1ccc(CCN)cc1F. The fourth-order valence-corrected chi connectivity index (χ4v) is 1.32. The highest BCUT2D eigenvalue weighted by Gasteiger charge is 2.10. The van der Waals surface area contributed by atoms with E-state index in [9.17, 15) is 4.39 Å². The van der Waals surface area contributed by atoms with Gasteiger partial charge in [0, 0.05) is 0 Å². The Hall–Kier alpha value is -1.60. The molecule has 2 N–H and O–H groups in total. The van der Waals surface area contributed by atoms with Crippen LogP contribution in [0.4, 0.5) is 4.39 Å². The zero-order valence-electron chi connectivity index (χ0n) is 9.24. The second-order valence-electron chi connectivity index (χ2n) is 3.45. The number of nitrogens with zero attached hydrogens (tertiary/aromatic N) is 1. The average Bonchev–Trinajstić information content (AvgIpc) is 2.29. The van der Waals surface area contributed by atoms with Gasteiger partial charge in [-0.15, -0.1) is 0 Å². The highest BCUT2D eigenvalue weighted by molar-refractivity contribution is 5.30. The van der Waals surface area contributed by atoms with Gasteiger partial charge in [-0.25, -0.2) is 4.39 Å². The zero-order chi connectivity index (χ0) is 12.0. The van der Waals surface area contributed by atoms with Crippen molar-refractivity contribution in [1.82, 2.24) is 0 Å². The Morgan fingerprint density at radius 2 is 2.31 bits per heavy atom. The second-order valence-corrected chi connectivity index (χ2v) is 3.45. The van der Waals surface area contributed by atoms with Gasteiger partial charge >= 0.3 is 0 Å².